The lowest BCUT2D eigenvalue weighted by atomic mass is 10.1. The molecule has 0 unspecified atom stereocenters. The van der Waals surface area contributed by atoms with E-state index in [1.165, 1.54) is 22.9 Å². The van der Waals surface area contributed by atoms with Crippen molar-refractivity contribution in [2.24, 2.45) is 10.7 Å². The first-order valence-corrected chi connectivity index (χ1v) is 8.18. The first-order chi connectivity index (χ1) is 9.95. The summed E-state index contributed by atoms with van der Waals surface area (Å²) in [7, 11) is 0. The third-order valence-corrected chi connectivity index (χ3v) is 4.40. The summed E-state index contributed by atoms with van der Waals surface area (Å²) in [5, 5.41) is 1.79. The van der Waals surface area contributed by atoms with Crippen LogP contribution in [0.1, 0.15) is 16.7 Å². The van der Waals surface area contributed by atoms with Crippen LogP contribution in [-0.2, 0) is 5.75 Å². The maximum absolute atomic E-state index is 6.14. The van der Waals surface area contributed by atoms with Gasteiger partial charge in [-0.25, -0.2) is 4.99 Å². The molecule has 0 fully saturated rings. The average molecular weight is 339 g/mol. The maximum Gasteiger partial charge on any atom is 0.159 e. The number of hydrogen-bond donors (Lipinski definition) is 1. The van der Waals surface area contributed by atoms with Crippen molar-refractivity contribution < 1.29 is 0 Å². The van der Waals surface area contributed by atoms with E-state index >= 15 is 0 Å². The average Bonchev–Trinajstić information content (AvgIpc) is 2.36. The molecule has 0 atom stereocenters. The van der Waals surface area contributed by atoms with Crippen LogP contribution in [0, 0.1) is 13.8 Å². The van der Waals surface area contributed by atoms with Crippen LogP contribution in [0.15, 0.2) is 41.4 Å². The monoisotopic (exact) mass is 338 g/mol. The smallest absolute Gasteiger partial charge is 0.159 e. The fourth-order valence-corrected chi connectivity index (χ4v) is 3.45. The molecule has 0 spiro atoms. The third-order valence-electron chi connectivity index (χ3n) is 2.87. The van der Waals surface area contributed by atoms with Gasteiger partial charge < -0.3 is 5.73 Å². The van der Waals surface area contributed by atoms with Crippen molar-refractivity contribution in [3.8, 4) is 0 Å². The summed E-state index contributed by atoms with van der Waals surface area (Å²) >= 11 is 13.7. The van der Waals surface area contributed by atoms with E-state index in [4.69, 9.17) is 28.9 Å². The van der Waals surface area contributed by atoms with E-state index in [1.807, 2.05) is 44.2 Å². The van der Waals surface area contributed by atoms with Gasteiger partial charge in [0.25, 0.3) is 0 Å². The number of aryl methyl sites for hydroxylation is 2. The lowest BCUT2D eigenvalue weighted by Gasteiger charge is -2.06. The van der Waals surface area contributed by atoms with Gasteiger partial charge in [-0.3, -0.25) is 0 Å². The highest BCUT2D eigenvalue weighted by Crippen LogP contribution is 2.28. The number of rotatable bonds is 3. The van der Waals surface area contributed by atoms with Crippen molar-refractivity contribution in [1.82, 2.24) is 0 Å². The topological polar surface area (TPSA) is 38.4 Å². The van der Waals surface area contributed by atoms with Crippen molar-refractivity contribution in [2.45, 2.75) is 19.6 Å². The lowest BCUT2D eigenvalue weighted by Crippen LogP contribution is -2.06. The molecule has 0 aromatic heterocycles. The number of benzene rings is 2. The number of thioether (sulfide) groups is 1. The summed E-state index contributed by atoms with van der Waals surface area (Å²) in [6.07, 6.45) is 0. The van der Waals surface area contributed by atoms with Crippen LogP contribution < -0.4 is 5.73 Å². The minimum atomic E-state index is 0.496. The SMILES string of the molecule is Cc1cc(C)cc(N=C(N)SCc2c(Cl)cccc2Cl)c1. The van der Waals surface area contributed by atoms with Crippen LogP contribution >= 0.6 is 35.0 Å². The second kappa shape index (κ2) is 7.21. The summed E-state index contributed by atoms with van der Waals surface area (Å²) in [6.45, 7) is 4.08. The molecular weight excluding hydrogens is 323 g/mol. The van der Waals surface area contributed by atoms with E-state index < -0.39 is 0 Å². The molecule has 2 aromatic rings. The molecular formula is C16H16Cl2N2S. The third kappa shape index (κ3) is 4.67. The second-order valence-corrected chi connectivity index (χ2v) is 6.59. The van der Waals surface area contributed by atoms with Crippen LogP contribution in [0.5, 0.6) is 0 Å². The predicted octanol–water partition coefficient (Wildman–Crippen LogP) is 5.49. The van der Waals surface area contributed by atoms with Gasteiger partial charge in [-0.15, -0.1) is 0 Å². The molecule has 0 amide bonds. The van der Waals surface area contributed by atoms with Crippen molar-refractivity contribution >= 4 is 45.8 Å². The summed E-state index contributed by atoms with van der Waals surface area (Å²) in [6, 6.07) is 11.6. The Morgan fingerprint density at radius 1 is 1.10 bits per heavy atom. The molecule has 0 saturated heterocycles. The van der Waals surface area contributed by atoms with Crippen molar-refractivity contribution in [3.63, 3.8) is 0 Å². The Kier molecular flexibility index (Phi) is 5.57. The fourth-order valence-electron chi connectivity index (χ4n) is 1.99. The standard InChI is InChI=1S/C16H16Cl2N2S/c1-10-6-11(2)8-12(7-10)20-16(19)21-9-13-14(17)4-3-5-15(13)18/h3-8H,9H2,1-2H3,(H2,19,20). The minimum absolute atomic E-state index is 0.496. The van der Waals surface area contributed by atoms with Gasteiger partial charge in [0.05, 0.1) is 5.69 Å². The van der Waals surface area contributed by atoms with E-state index in [0.29, 0.717) is 21.0 Å². The number of halogens is 2. The number of nitrogens with two attached hydrogens (primary N) is 1. The van der Waals surface area contributed by atoms with Gasteiger partial charge in [0.15, 0.2) is 5.17 Å². The Morgan fingerprint density at radius 3 is 2.24 bits per heavy atom. The Morgan fingerprint density at radius 2 is 1.67 bits per heavy atom. The summed E-state index contributed by atoms with van der Waals surface area (Å²) in [4.78, 5) is 4.43. The quantitative estimate of drug-likeness (QED) is 0.593. The van der Waals surface area contributed by atoms with Gasteiger partial charge in [0.2, 0.25) is 0 Å². The van der Waals surface area contributed by atoms with E-state index in [1.54, 1.807) is 0 Å². The maximum atomic E-state index is 6.14. The van der Waals surface area contributed by atoms with Gasteiger partial charge >= 0.3 is 0 Å². The zero-order chi connectivity index (χ0) is 15.4. The van der Waals surface area contributed by atoms with Crippen LogP contribution in [0.25, 0.3) is 0 Å². The molecule has 2 N–H and O–H groups in total. The second-order valence-electron chi connectivity index (χ2n) is 4.78. The highest BCUT2D eigenvalue weighted by atomic mass is 35.5. The normalized spacial score (nSPS) is 11.7. The number of hydrogen-bond acceptors (Lipinski definition) is 2. The fraction of sp³-hybridized carbons (Fsp3) is 0.188. The largest absolute Gasteiger partial charge is 0.378 e. The van der Waals surface area contributed by atoms with Crippen LogP contribution in [0.2, 0.25) is 10.0 Å². The molecule has 0 heterocycles. The molecule has 0 radical (unpaired) electrons. The summed E-state index contributed by atoms with van der Waals surface area (Å²) in [5.74, 6) is 0.596. The van der Waals surface area contributed by atoms with Crippen LogP contribution in [-0.4, -0.2) is 5.17 Å². The molecule has 110 valence electrons. The van der Waals surface area contributed by atoms with Gasteiger partial charge in [0.1, 0.15) is 0 Å². The Bertz CT molecular complexity index is 643. The Labute approximate surface area is 139 Å². The Balaban J connectivity index is 2.11. The first-order valence-electron chi connectivity index (χ1n) is 6.44. The molecule has 21 heavy (non-hydrogen) atoms. The molecule has 2 rings (SSSR count). The number of aliphatic imine (C=N–C) groups is 1. The molecule has 0 aliphatic carbocycles. The van der Waals surface area contributed by atoms with Gasteiger partial charge in [-0.05, 0) is 54.8 Å². The van der Waals surface area contributed by atoms with E-state index in [-0.39, 0.29) is 0 Å². The Hall–Kier alpha value is -1.16. The molecule has 0 aliphatic heterocycles. The first kappa shape index (κ1) is 16.2. The highest BCUT2D eigenvalue weighted by molar-refractivity contribution is 8.13. The molecule has 0 aliphatic rings. The number of nitrogens with zero attached hydrogens (tertiary/aromatic N) is 1. The lowest BCUT2D eigenvalue weighted by molar-refractivity contribution is 1.35. The number of amidine groups is 1. The predicted molar refractivity (Wildman–Crippen MR) is 95.0 cm³/mol. The molecule has 5 heteroatoms. The van der Waals surface area contributed by atoms with Crippen molar-refractivity contribution in [1.29, 1.82) is 0 Å². The molecule has 0 saturated carbocycles. The highest BCUT2D eigenvalue weighted by Gasteiger charge is 2.07. The van der Waals surface area contributed by atoms with E-state index in [9.17, 15) is 0 Å². The zero-order valence-electron chi connectivity index (χ0n) is 11.9. The summed E-state index contributed by atoms with van der Waals surface area (Å²) < 4.78 is 0. The molecule has 2 aromatic carbocycles. The van der Waals surface area contributed by atoms with E-state index in [0.717, 1.165) is 11.3 Å². The molecule has 2 nitrogen and oxygen atoms in total. The van der Waals surface area contributed by atoms with Gasteiger partial charge in [-0.1, -0.05) is 47.1 Å². The van der Waals surface area contributed by atoms with Crippen molar-refractivity contribution in [3.05, 3.63) is 63.1 Å². The van der Waals surface area contributed by atoms with Gasteiger partial charge in [0, 0.05) is 15.8 Å². The zero-order valence-corrected chi connectivity index (χ0v) is 14.2. The van der Waals surface area contributed by atoms with Crippen molar-refractivity contribution in [2.75, 3.05) is 0 Å². The van der Waals surface area contributed by atoms with E-state index in [2.05, 4.69) is 11.1 Å². The van der Waals surface area contributed by atoms with Gasteiger partial charge in [-0.2, -0.15) is 0 Å². The molecule has 0 bridgehead atoms. The minimum Gasteiger partial charge on any atom is -0.378 e. The van der Waals surface area contributed by atoms with Crippen LogP contribution in [0.3, 0.4) is 0 Å². The van der Waals surface area contributed by atoms with Crippen LogP contribution in [0.4, 0.5) is 5.69 Å². The summed E-state index contributed by atoms with van der Waals surface area (Å²) in [5.41, 5.74) is 10.1.